The second-order valence-corrected chi connectivity index (χ2v) is 5.13. The molecule has 0 bridgehead atoms. The highest BCUT2D eigenvalue weighted by molar-refractivity contribution is 7.99. The van der Waals surface area contributed by atoms with Gasteiger partial charge in [-0.05, 0) is 24.0 Å². The van der Waals surface area contributed by atoms with Crippen LogP contribution in [-0.2, 0) is 6.42 Å². The van der Waals surface area contributed by atoms with Gasteiger partial charge in [0, 0.05) is 23.1 Å². The monoisotopic (exact) mass is 260 g/mol. The van der Waals surface area contributed by atoms with Gasteiger partial charge in [-0.1, -0.05) is 19.1 Å². The third-order valence-electron chi connectivity index (χ3n) is 2.50. The van der Waals surface area contributed by atoms with E-state index in [1.807, 2.05) is 17.8 Å². The molecule has 0 amide bonds. The van der Waals surface area contributed by atoms with Gasteiger partial charge in [-0.2, -0.15) is 0 Å². The molecule has 0 spiro atoms. The maximum atomic E-state index is 8.89. The van der Waals surface area contributed by atoms with E-state index in [0.29, 0.717) is 12.2 Å². The summed E-state index contributed by atoms with van der Waals surface area (Å²) in [5.41, 5.74) is 1.98. The first kappa shape index (κ1) is 13.1. The lowest BCUT2D eigenvalue weighted by atomic mass is 10.1. The van der Waals surface area contributed by atoms with Crippen molar-refractivity contribution in [2.24, 2.45) is 0 Å². The van der Waals surface area contributed by atoms with E-state index in [1.54, 1.807) is 6.20 Å². The molecule has 18 heavy (non-hydrogen) atoms. The largest absolute Gasteiger partial charge is 0.396 e. The summed E-state index contributed by atoms with van der Waals surface area (Å²) in [5.74, 6) is 1.76. The fourth-order valence-corrected chi connectivity index (χ4v) is 2.33. The fraction of sp³-hybridized carbons (Fsp3) is 0.286. The molecule has 0 aliphatic heterocycles. The lowest BCUT2D eigenvalue weighted by molar-refractivity contribution is 0.296. The first-order valence-corrected chi connectivity index (χ1v) is 6.98. The molecule has 0 fully saturated rings. The molecule has 3 nitrogen and oxygen atoms in total. The molecular weight excluding hydrogens is 244 g/mol. The van der Waals surface area contributed by atoms with Crippen molar-refractivity contribution in [3.63, 3.8) is 0 Å². The number of nitrogens with zero attached hydrogens (tertiary/aromatic N) is 2. The highest BCUT2D eigenvalue weighted by Crippen LogP contribution is 2.22. The van der Waals surface area contributed by atoms with E-state index >= 15 is 0 Å². The summed E-state index contributed by atoms with van der Waals surface area (Å²) in [6, 6.07) is 10.3. The van der Waals surface area contributed by atoms with Crippen LogP contribution in [0.1, 0.15) is 12.7 Å². The van der Waals surface area contributed by atoms with Crippen LogP contribution in [0.5, 0.6) is 0 Å². The molecule has 2 rings (SSSR count). The molecular formula is C14H16N2OS. The summed E-state index contributed by atoms with van der Waals surface area (Å²) in [6.45, 7) is 2.22. The Morgan fingerprint density at radius 1 is 1.17 bits per heavy atom. The standard InChI is InChI=1S/C14H16N2OS/c1-2-18-12-5-3-11(4-6-12)13-7-9-15-14(16-13)8-10-17/h3-7,9,17H,2,8,10H2,1H3. The highest BCUT2D eigenvalue weighted by atomic mass is 32.2. The van der Waals surface area contributed by atoms with Crippen LogP contribution < -0.4 is 0 Å². The Labute approximate surface area is 111 Å². The van der Waals surface area contributed by atoms with Gasteiger partial charge in [0.2, 0.25) is 0 Å². The summed E-state index contributed by atoms with van der Waals surface area (Å²) in [6.07, 6.45) is 2.24. The summed E-state index contributed by atoms with van der Waals surface area (Å²) in [5, 5.41) is 8.89. The quantitative estimate of drug-likeness (QED) is 0.840. The Morgan fingerprint density at radius 3 is 2.61 bits per heavy atom. The van der Waals surface area contributed by atoms with Crippen LogP contribution >= 0.6 is 11.8 Å². The molecule has 4 heteroatoms. The van der Waals surface area contributed by atoms with E-state index in [-0.39, 0.29) is 6.61 Å². The molecule has 2 aromatic rings. The molecule has 1 aromatic carbocycles. The van der Waals surface area contributed by atoms with Crippen molar-refractivity contribution in [2.45, 2.75) is 18.2 Å². The number of aliphatic hydroxyl groups is 1. The first-order chi connectivity index (χ1) is 8.83. The highest BCUT2D eigenvalue weighted by Gasteiger charge is 2.02. The SMILES string of the molecule is CCSc1ccc(-c2ccnc(CCO)n2)cc1. The van der Waals surface area contributed by atoms with E-state index in [4.69, 9.17) is 5.11 Å². The summed E-state index contributed by atoms with van der Waals surface area (Å²) < 4.78 is 0. The van der Waals surface area contributed by atoms with Crippen molar-refractivity contribution in [1.82, 2.24) is 9.97 Å². The normalized spacial score (nSPS) is 10.6. The predicted molar refractivity (Wildman–Crippen MR) is 74.7 cm³/mol. The van der Waals surface area contributed by atoms with E-state index < -0.39 is 0 Å². The van der Waals surface area contributed by atoms with Gasteiger partial charge in [-0.25, -0.2) is 9.97 Å². The minimum Gasteiger partial charge on any atom is -0.396 e. The zero-order valence-electron chi connectivity index (χ0n) is 10.3. The van der Waals surface area contributed by atoms with Crippen LogP contribution in [0.4, 0.5) is 0 Å². The Balaban J connectivity index is 2.22. The van der Waals surface area contributed by atoms with Gasteiger partial charge >= 0.3 is 0 Å². The molecule has 0 aliphatic rings. The molecule has 0 unspecified atom stereocenters. The number of thioether (sulfide) groups is 1. The van der Waals surface area contributed by atoms with Gasteiger partial charge in [-0.15, -0.1) is 11.8 Å². The third kappa shape index (κ3) is 3.31. The smallest absolute Gasteiger partial charge is 0.131 e. The van der Waals surface area contributed by atoms with Gasteiger partial charge in [0.25, 0.3) is 0 Å². The number of hydrogen-bond acceptors (Lipinski definition) is 4. The predicted octanol–water partition coefficient (Wildman–Crippen LogP) is 2.79. The Bertz CT molecular complexity index is 499. The molecule has 94 valence electrons. The van der Waals surface area contributed by atoms with Crippen molar-refractivity contribution in [1.29, 1.82) is 0 Å². The fourth-order valence-electron chi connectivity index (χ4n) is 1.67. The van der Waals surface area contributed by atoms with Gasteiger partial charge in [0.15, 0.2) is 0 Å². The Kier molecular flexibility index (Phi) is 4.73. The minimum atomic E-state index is 0.0789. The summed E-state index contributed by atoms with van der Waals surface area (Å²) >= 11 is 1.82. The van der Waals surface area contributed by atoms with Crippen molar-refractivity contribution >= 4 is 11.8 Å². The van der Waals surface area contributed by atoms with Crippen LogP contribution in [-0.4, -0.2) is 27.4 Å². The van der Waals surface area contributed by atoms with Crippen molar-refractivity contribution in [2.75, 3.05) is 12.4 Å². The van der Waals surface area contributed by atoms with Crippen LogP contribution in [0, 0.1) is 0 Å². The molecule has 0 radical (unpaired) electrons. The molecule has 0 aliphatic carbocycles. The van der Waals surface area contributed by atoms with Gasteiger partial charge < -0.3 is 5.11 Å². The number of aliphatic hydroxyl groups excluding tert-OH is 1. The van der Waals surface area contributed by atoms with Crippen LogP contribution in [0.3, 0.4) is 0 Å². The molecule has 0 atom stereocenters. The molecule has 0 saturated heterocycles. The number of hydrogen-bond donors (Lipinski definition) is 1. The number of rotatable bonds is 5. The minimum absolute atomic E-state index is 0.0789. The van der Waals surface area contributed by atoms with Gasteiger partial charge in [0.1, 0.15) is 5.82 Å². The first-order valence-electron chi connectivity index (χ1n) is 5.99. The zero-order valence-corrected chi connectivity index (χ0v) is 11.2. The van der Waals surface area contributed by atoms with Crippen LogP contribution in [0.25, 0.3) is 11.3 Å². The lowest BCUT2D eigenvalue weighted by Crippen LogP contribution is -1.99. The lowest BCUT2D eigenvalue weighted by Gasteiger charge is -2.04. The maximum absolute atomic E-state index is 8.89. The zero-order chi connectivity index (χ0) is 12.8. The molecule has 1 heterocycles. The number of aromatic nitrogens is 2. The van der Waals surface area contributed by atoms with Crippen molar-refractivity contribution in [3.05, 3.63) is 42.4 Å². The Hall–Kier alpha value is -1.39. The van der Waals surface area contributed by atoms with Gasteiger partial charge in [0.05, 0.1) is 12.3 Å². The molecule has 1 N–H and O–H groups in total. The summed E-state index contributed by atoms with van der Waals surface area (Å²) in [7, 11) is 0. The maximum Gasteiger partial charge on any atom is 0.131 e. The van der Waals surface area contributed by atoms with Crippen LogP contribution in [0.15, 0.2) is 41.4 Å². The summed E-state index contributed by atoms with van der Waals surface area (Å²) in [4.78, 5) is 9.83. The van der Waals surface area contributed by atoms with E-state index in [1.165, 1.54) is 4.90 Å². The average Bonchev–Trinajstić information content (AvgIpc) is 2.41. The van der Waals surface area contributed by atoms with E-state index in [2.05, 4.69) is 41.2 Å². The topological polar surface area (TPSA) is 46.0 Å². The van der Waals surface area contributed by atoms with Gasteiger partial charge in [-0.3, -0.25) is 0 Å². The van der Waals surface area contributed by atoms with Crippen molar-refractivity contribution in [3.8, 4) is 11.3 Å². The molecule has 1 aromatic heterocycles. The van der Waals surface area contributed by atoms with Crippen molar-refractivity contribution < 1.29 is 5.11 Å². The van der Waals surface area contributed by atoms with E-state index in [0.717, 1.165) is 17.0 Å². The van der Waals surface area contributed by atoms with Crippen LogP contribution in [0.2, 0.25) is 0 Å². The number of benzene rings is 1. The second kappa shape index (κ2) is 6.52. The molecule has 0 saturated carbocycles. The average molecular weight is 260 g/mol. The third-order valence-corrected chi connectivity index (χ3v) is 3.40. The Morgan fingerprint density at radius 2 is 1.94 bits per heavy atom. The van der Waals surface area contributed by atoms with E-state index in [9.17, 15) is 0 Å². The second-order valence-electron chi connectivity index (χ2n) is 3.79.